The van der Waals surface area contributed by atoms with Crippen LogP contribution in [-0.4, -0.2) is 52.2 Å². The van der Waals surface area contributed by atoms with Gasteiger partial charge in [0.1, 0.15) is 5.82 Å². The van der Waals surface area contributed by atoms with Crippen molar-refractivity contribution in [3.05, 3.63) is 47.0 Å². The molecule has 2 heterocycles. The van der Waals surface area contributed by atoms with Crippen LogP contribution in [0, 0.1) is 5.82 Å². The number of benzene rings is 1. The summed E-state index contributed by atoms with van der Waals surface area (Å²) in [6.07, 6.45) is 4.15. The maximum atomic E-state index is 13.8. The normalized spacial score (nSPS) is 19.5. The zero-order chi connectivity index (χ0) is 15.4. The smallest absolute Gasteiger partial charge is 0.127 e. The summed E-state index contributed by atoms with van der Waals surface area (Å²) >= 11 is 6.07. The van der Waals surface area contributed by atoms with Crippen molar-refractivity contribution in [1.29, 1.82) is 0 Å². The van der Waals surface area contributed by atoms with Crippen molar-refractivity contribution in [3.8, 4) is 0 Å². The first-order chi connectivity index (χ1) is 10.7. The molecule has 0 saturated carbocycles. The average Bonchev–Trinajstić information content (AvgIpc) is 3.00. The molecule has 1 fully saturated rings. The molecule has 0 N–H and O–H groups in total. The molecule has 1 aliphatic heterocycles. The van der Waals surface area contributed by atoms with Crippen LogP contribution in [0.15, 0.2) is 30.6 Å². The number of rotatable bonds is 5. The highest BCUT2D eigenvalue weighted by Crippen LogP contribution is 2.20. The van der Waals surface area contributed by atoms with E-state index in [0.717, 1.165) is 19.6 Å². The summed E-state index contributed by atoms with van der Waals surface area (Å²) in [5.74, 6) is -0.236. The summed E-state index contributed by atoms with van der Waals surface area (Å²) in [6, 6.07) is 4.81. The fourth-order valence-electron chi connectivity index (χ4n) is 2.67. The second-order valence-electron chi connectivity index (χ2n) is 5.37. The van der Waals surface area contributed by atoms with Gasteiger partial charge in [-0.3, -0.25) is 4.90 Å². The molecule has 0 radical (unpaired) electrons. The minimum atomic E-state index is -0.236. The van der Waals surface area contributed by atoms with Gasteiger partial charge in [0, 0.05) is 36.4 Å². The van der Waals surface area contributed by atoms with Crippen LogP contribution < -0.4 is 0 Å². The van der Waals surface area contributed by atoms with E-state index >= 15 is 0 Å². The second kappa shape index (κ2) is 7.17. The molecule has 1 aromatic heterocycles. The minimum absolute atomic E-state index is 0.0755. The first kappa shape index (κ1) is 15.4. The predicted molar refractivity (Wildman–Crippen MR) is 81.3 cm³/mol. The van der Waals surface area contributed by atoms with Gasteiger partial charge in [-0.25, -0.2) is 9.07 Å². The molecule has 1 aliphatic rings. The van der Waals surface area contributed by atoms with Crippen molar-refractivity contribution in [2.75, 3.05) is 26.2 Å². The fraction of sp³-hybridized carbons (Fsp3) is 0.467. The lowest BCUT2D eigenvalue weighted by Crippen LogP contribution is -2.45. The molecule has 2 aromatic rings. The van der Waals surface area contributed by atoms with Crippen molar-refractivity contribution in [3.63, 3.8) is 0 Å². The third-order valence-electron chi connectivity index (χ3n) is 3.83. The Balaban J connectivity index is 1.54. The van der Waals surface area contributed by atoms with Crippen molar-refractivity contribution in [2.24, 2.45) is 0 Å². The summed E-state index contributed by atoms with van der Waals surface area (Å²) in [6.45, 7) is 3.76. The van der Waals surface area contributed by atoms with E-state index < -0.39 is 0 Å². The molecular formula is C15H18ClFN4O. The monoisotopic (exact) mass is 324 g/mol. The molecule has 3 rings (SSSR count). The lowest BCUT2D eigenvalue weighted by Gasteiger charge is -2.32. The maximum absolute atomic E-state index is 13.8. The summed E-state index contributed by atoms with van der Waals surface area (Å²) in [7, 11) is 0. The second-order valence-corrected chi connectivity index (χ2v) is 5.78. The third-order valence-corrected chi connectivity index (χ3v) is 4.18. The highest BCUT2D eigenvalue weighted by Gasteiger charge is 2.21. The van der Waals surface area contributed by atoms with Crippen molar-refractivity contribution >= 4 is 11.6 Å². The minimum Gasteiger partial charge on any atom is -0.374 e. The molecule has 5 nitrogen and oxygen atoms in total. The van der Waals surface area contributed by atoms with Crippen LogP contribution >= 0.6 is 11.6 Å². The Kier molecular flexibility index (Phi) is 5.02. The number of nitrogens with zero attached hydrogens (tertiary/aromatic N) is 4. The molecule has 0 amide bonds. The van der Waals surface area contributed by atoms with E-state index in [4.69, 9.17) is 16.3 Å². The largest absolute Gasteiger partial charge is 0.374 e. The SMILES string of the molecule is Fc1cccc(Cl)c1CCN1CCOC(Cn2ccnn2)C1. The molecule has 1 atom stereocenters. The van der Waals surface area contributed by atoms with E-state index in [-0.39, 0.29) is 11.9 Å². The first-order valence-electron chi connectivity index (χ1n) is 7.33. The Bertz CT molecular complexity index is 587. The van der Waals surface area contributed by atoms with E-state index in [1.165, 1.54) is 6.07 Å². The van der Waals surface area contributed by atoms with Crippen LogP contribution in [0.2, 0.25) is 5.02 Å². The Labute approximate surface area is 133 Å². The highest BCUT2D eigenvalue weighted by atomic mass is 35.5. The summed E-state index contributed by atoms with van der Waals surface area (Å²) < 4.78 is 21.3. The van der Waals surface area contributed by atoms with E-state index in [9.17, 15) is 4.39 Å². The van der Waals surface area contributed by atoms with Gasteiger partial charge in [0.25, 0.3) is 0 Å². The quantitative estimate of drug-likeness (QED) is 0.844. The first-order valence-corrected chi connectivity index (χ1v) is 7.71. The van der Waals surface area contributed by atoms with Gasteiger partial charge >= 0.3 is 0 Å². The molecular weight excluding hydrogens is 307 g/mol. The molecule has 118 valence electrons. The number of hydrogen-bond donors (Lipinski definition) is 0. The lowest BCUT2D eigenvalue weighted by molar-refractivity contribution is -0.0373. The number of morpholine rings is 1. The van der Waals surface area contributed by atoms with Gasteiger partial charge in [-0.05, 0) is 18.6 Å². The molecule has 0 aliphatic carbocycles. The molecule has 7 heteroatoms. The molecule has 1 saturated heterocycles. The fourth-order valence-corrected chi connectivity index (χ4v) is 2.93. The van der Waals surface area contributed by atoms with Gasteiger partial charge in [-0.15, -0.1) is 5.10 Å². The van der Waals surface area contributed by atoms with Gasteiger partial charge in [-0.1, -0.05) is 22.9 Å². The standard InChI is InChI=1S/C15H18ClFN4O/c16-14-2-1-3-15(17)13(14)4-6-20-8-9-22-12(10-20)11-21-7-5-18-19-21/h1-3,5,7,12H,4,6,8-11H2. The Morgan fingerprint density at radius 1 is 1.41 bits per heavy atom. The van der Waals surface area contributed by atoms with Crippen LogP contribution in [0.1, 0.15) is 5.56 Å². The van der Waals surface area contributed by atoms with Gasteiger partial charge in [-0.2, -0.15) is 0 Å². The maximum Gasteiger partial charge on any atom is 0.127 e. The molecule has 1 unspecified atom stereocenters. The topological polar surface area (TPSA) is 43.2 Å². The van der Waals surface area contributed by atoms with Gasteiger partial charge in [0.15, 0.2) is 0 Å². The Morgan fingerprint density at radius 3 is 3.09 bits per heavy atom. The van der Waals surface area contributed by atoms with Crippen molar-refractivity contribution in [2.45, 2.75) is 19.1 Å². The molecule has 22 heavy (non-hydrogen) atoms. The number of aromatic nitrogens is 3. The molecule has 1 aromatic carbocycles. The summed E-state index contributed by atoms with van der Waals surface area (Å²) in [5.41, 5.74) is 0.587. The predicted octanol–water partition coefficient (Wildman–Crippen LogP) is 2.01. The molecule has 0 bridgehead atoms. The Morgan fingerprint density at radius 2 is 2.32 bits per heavy atom. The number of hydrogen-bond acceptors (Lipinski definition) is 4. The summed E-state index contributed by atoms with van der Waals surface area (Å²) in [5, 5.41) is 8.24. The number of halogens is 2. The van der Waals surface area contributed by atoms with Gasteiger partial charge < -0.3 is 4.74 Å². The van der Waals surface area contributed by atoms with Crippen LogP contribution in [-0.2, 0) is 17.7 Å². The van der Waals surface area contributed by atoms with E-state index in [0.29, 0.717) is 30.2 Å². The van der Waals surface area contributed by atoms with Gasteiger partial charge in [0.2, 0.25) is 0 Å². The van der Waals surface area contributed by atoms with Gasteiger partial charge in [0.05, 0.1) is 25.5 Å². The van der Waals surface area contributed by atoms with Crippen molar-refractivity contribution in [1.82, 2.24) is 19.9 Å². The molecule has 0 spiro atoms. The lowest BCUT2D eigenvalue weighted by atomic mass is 10.1. The zero-order valence-electron chi connectivity index (χ0n) is 12.2. The Hall–Kier alpha value is -1.50. The zero-order valence-corrected chi connectivity index (χ0v) is 12.9. The average molecular weight is 325 g/mol. The van der Waals surface area contributed by atoms with Crippen LogP contribution in [0.3, 0.4) is 0 Å². The third kappa shape index (κ3) is 3.82. The van der Waals surface area contributed by atoms with Crippen LogP contribution in [0.4, 0.5) is 4.39 Å². The van der Waals surface area contributed by atoms with Crippen LogP contribution in [0.25, 0.3) is 0 Å². The van der Waals surface area contributed by atoms with Crippen LogP contribution in [0.5, 0.6) is 0 Å². The number of ether oxygens (including phenoxy) is 1. The van der Waals surface area contributed by atoms with E-state index in [1.807, 2.05) is 6.20 Å². The van der Waals surface area contributed by atoms with E-state index in [2.05, 4.69) is 15.2 Å². The summed E-state index contributed by atoms with van der Waals surface area (Å²) in [4.78, 5) is 2.27. The highest BCUT2D eigenvalue weighted by molar-refractivity contribution is 6.31. The van der Waals surface area contributed by atoms with E-state index in [1.54, 1.807) is 23.0 Å². The van der Waals surface area contributed by atoms with Crippen molar-refractivity contribution < 1.29 is 9.13 Å².